The van der Waals surface area contributed by atoms with E-state index in [-0.39, 0.29) is 17.7 Å². The first-order valence-corrected chi connectivity index (χ1v) is 8.48. The number of likely N-dealkylation sites (tertiary alicyclic amines) is 1. The van der Waals surface area contributed by atoms with Gasteiger partial charge in [-0.15, -0.1) is 0 Å². The average Bonchev–Trinajstić information content (AvgIpc) is 3.26. The maximum Gasteiger partial charge on any atom is 0.123 e. The Morgan fingerprint density at radius 3 is 2.72 bits per heavy atom. The molecule has 3 aromatic rings. The minimum atomic E-state index is -0.254. The fourth-order valence-electron chi connectivity index (χ4n) is 3.62. The maximum absolute atomic E-state index is 13.6. The normalized spacial score (nSPS) is 17.9. The molecule has 25 heavy (non-hydrogen) atoms. The van der Waals surface area contributed by atoms with Crippen molar-refractivity contribution in [3.8, 4) is 11.3 Å². The first-order chi connectivity index (χ1) is 12.2. The van der Waals surface area contributed by atoms with Crippen LogP contribution in [0.1, 0.15) is 30.0 Å². The van der Waals surface area contributed by atoms with Crippen molar-refractivity contribution in [2.24, 2.45) is 0 Å². The molecule has 2 heterocycles. The molecule has 1 atom stereocenters. The third-order valence-corrected chi connectivity index (χ3v) is 4.82. The fraction of sp³-hybridized carbons (Fsp3) is 0.250. The number of rotatable bonds is 4. The summed E-state index contributed by atoms with van der Waals surface area (Å²) in [7, 11) is 0. The number of aromatic amines is 1. The van der Waals surface area contributed by atoms with Crippen molar-refractivity contribution in [3.63, 3.8) is 0 Å². The maximum atomic E-state index is 13.6. The van der Waals surface area contributed by atoms with Crippen molar-refractivity contribution >= 4 is 0 Å². The number of hydrogen-bond acceptors (Lipinski definition) is 2. The number of aromatic nitrogens is 2. The topological polar surface area (TPSA) is 31.9 Å². The molecule has 1 aromatic heterocycles. The number of benzene rings is 2. The lowest BCUT2D eigenvalue weighted by Crippen LogP contribution is -2.23. The Hall–Kier alpha value is -2.53. The van der Waals surface area contributed by atoms with E-state index in [1.165, 1.54) is 18.2 Å². The molecule has 4 rings (SSSR count). The Morgan fingerprint density at radius 1 is 1.08 bits per heavy atom. The highest BCUT2D eigenvalue weighted by Gasteiger charge is 2.27. The third kappa shape index (κ3) is 3.33. The Bertz CT molecular complexity index is 857. The second-order valence-corrected chi connectivity index (χ2v) is 6.46. The number of H-pyrrole nitrogens is 1. The van der Waals surface area contributed by atoms with Crippen LogP contribution in [0, 0.1) is 11.6 Å². The van der Waals surface area contributed by atoms with Crippen LogP contribution in [0.5, 0.6) is 0 Å². The van der Waals surface area contributed by atoms with E-state index in [2.05, 4.69) is 15.1 Å². The van der Waals surface area contributed by atoms with Crippen molar-refractivity contribution in [3.05, 3.63) is 77.5 Å². The first-order valence-electron chi connectivity index (χ1n) is 8.48. The van der Waals surface area contributed by atoms with E-state index in [1.54, 1.807) is 24.3 Å². The minimum absolute atomic E-state index is 0.195. The predicted molar refractivity (Wildman–Crippen MR) is 92.8 cm³/mol. The summed E-state index contributed by atoms with van der Waals surface area (Å²) in [6, 6.07) is 13.5. The van der Waals surface area contributed by atoms with Crippen LogP contribution in [0.2, 0.25) is 0 Å². The summed E-state index contributed by atoms with van der Waals surface area (Å²) in [6.45, 7) is 1.69. The van der Waals surface area contributed by atoms with E-state index >= 15 is 0 Å². The van der Waals surface area contributed by atoms with Crippen molar-refractivity contribution in [2.45, 2.75) is 25.4 Å². The van der Waals surface area contributed by atoms with E-state index in [0.29, 0.717) is 0 Å². The zero-order valence-corrected chi connectivity index (χ0v) is 13.8. The lowest BCUT2D eigenvalue weighted by Gasteiger charge is -2.25. The largest absolute Gasteiger partial charge is 0.292 e. The molecular weight excluding hydrogens is 320 g/mol. The molecule has 1 saturated heterocycles. The summed E-state index contributed by atoms with van der Waals surface area (Å²) in [4.78, 5) is 2.35. The lowest BCUT2D eigenvalue weighted by atomic mass is 10.0. The summed E-state index contributed by atoms with van der Waals surface area (Å²) < 4.78 is 26.7. The number of nitrogens with zero attached hydrogens (tertiary/aromatic N) is 2. The van der Waals surface area contributed by atoms with E-state index in [0.717, 1.165) is 48.3 Å². The van der Waals surface area contributed by atoms with Gasteiger partial charge in [0.2, 0.25) is 0 Å². The summed E-state index contributed by atoms with van der Waals surface area (Å²) in [5, 5.41) is 7.19. The highest BCUT2D eigenvalue weighted by molar-refractivity contribution is 5.62. The summed E-state index contributed by atoms with van der Waals surface area (Å²) >= 11 is 0. The van der Waals surface area contributed by atoms with E-state index in [9.17, 15) is 8.78 Å². The summed E-state index contributed by atoms with van der Waals surface area (Å²) in [5.74, 6) is -0.449. The highest BCUT2D eigenvalue weighted by Crippen LogP contribution is 2.34. The van der Waals surface area contributed by atoms with Gasteiger partial charge in [-0.2, -0.15) is 5.10 Å². The number of nitrogens with one attached hydrogen (secondary N) is 1. The van der Waals surface area contributed by atoms with Gasteiger partial charge in [-0.1, -0.05) is 12.1 Å². The second kappa shape index (κ2) is 6.76. The molecule has 3 nitrogen and oxygen atoms in total. The van der Waals surface area contributed by atoms with Crippen molar-refractivity contribution in [1.82, 2.24) is 15.1 Å². The molecule has 2 aromatic carbocycles. The van der Waals surface area contributed by atoms with Crippen molar-refractivity contribution in [1.29, 1.82) is 0 Å². The van der Waals surface area contributed by atoms with Crippen molar-refractivity contribution < 1.29 is 8.78 Å². The average molecular weight is 339 g/mol. The lowest BCUT2D eigenvalue weighted by molar-refractivity contribution is 0.248. The number of halogens is 2. The van der Waals surface area contributed by atoms with Crippen molar-refractivity contribution in [2.75, 3.05) is 6.54 Å². The van der Waals surface area contributed by atoms with Crippen LogP contribution in [0.4, 0.5) is 8.78 Å². The van der Waals surface area contributed by atoms with Crippen LogP contribution in [0.3, 0.4) is 0 Å². The second-order valence-electron chi connectivity index (χ2n) is 6.46. The van der Waals surface area contributed by atoms with Crippen LogP contribution in [-0.4, -0.2) is 21.6 Å². The summed E-state index contributed by atoms with van der Waals surface area (Å²) in [5.41, 5.74) is 3.90. The van der Waals surface area contributed by atoms with Gasteiger partial charge in [-0.25, -0.2) is 8.78 Å². The zero-order chi connectivity index (χ0) is 17.2. The Labute approximate surface area is 145 Å². The van der Waals surface area contributed by atoms with E-state index < -0.39 is 0 Å². The first kappa shape index (κ1) is 16.0. The van der Waals surface area contributed by atoms with Crippen LogP contribution >= 0.6 is 0 Å². The molecule has 1 unspecified atom stereocenters. The smallest absolute Gasteiger partial charge is 0.123 e. The monoisotopic (exact) mass is 339 g/mol. The van der Waals surface area contributed by atoms with Gasteiger partial charge < -0.3 is 0 Å². The Kier molecular flexibility index (Phi) is 4.32. The van der Waals surface area contributed by atoms with Gasteiger partial charge in [0, 0.05) is 23.7 Å². The molecule has 0 radical (unpaired) electrons. The SMILES string of the molecule is Fc1ccc(-c2[nH]ncc2CN2CCCC2c2cccc(F)c2)cc1. The van der Waals surface area contributed by atoms with Gasteiger partial charge in [0.05, 0.1) is 11.9 Å². The zero-order valence-electron chi connectivity index (χ0n) is 13.8. The molecule has 5 heteroatoms. The molecular formula is C20H19F2N3. The molecule has 1 N–H and O–H groups in total. The molecule has 0 amide bonds. The van der Waals surface area contributed by atoms with Crippen LogP contribution in [0.25, 0.3) is 11.3 Å². The standard InChI is InChI=1S/C20H19F2N3/c21-17-8-6-14(7-9-17)20-16(12-23-24-20)13-25-10-2-5-19(25)15-3-1-4-18(22)11-15/h1,3-4,6-9,11-12,19H,2,5,10,13H2,(H,23,24). The fourth-order valence-corrected chi connectivity index (χ4v) is 3.62. The van der Waals surface area contributed by atoms with Gasteiger partial charge in [-0.05, 0) is 61.3 Å². The highest BCUT2D eigenvalue weighted by atomic mass is 19.1. The predicted octanol–water partition coefficient (Wildman–Crippen LogP) is 4.69. The molecule has 128 valence electrons. The molecule has 0 spiro atoms. The molecule has 0 aliphatic carbocycles. The molecule has 1 fully saturated rings. The van der Waals surface area contributed by atoms with Crippen LogP contribution in [-0.2, 0) is 6.54 Å². The van der Waals surface area contributed by atoms with Gasteiger partial charge in [0.25, 0.3) is 0 Å². The van der Waals surface area contributed by atoms with Gasteiger partial charge in [0.15, 0.2) is 0 Å². The van der Waals surface area contributed by atoms with Crippen LogP contribution < -0.4 is 0 Å². The Morgan fingerprint density at radius 2 is 1.92 bits per heavy atom. The number of hydrogen-bond donors (Lipinski definition) is 1. The van der Waals surface area contributed by atoms with Gasteiger partial charge >= 0.3 is 0 Å². The van der Waals surface area contributed by atoms with E-state index in [1.807, 2.05) is 12.3 Å². The molecule has 0 bridgehead atoms. The van der Waals surface area contributed by atoms with Gasteiger partial charge in [-0.3, -0.25) is 10.00 Å². The molecule has 1 aliphatic rings. The van der Waals surface area contributed by atoms with Crippen LogP contribution in [0.15, 0.2) is 54.7 Å². The summed E-state index contributed by atoms with van der Waals surface area (Å²) in [6.07, 6.45) is 3.93. The minimum Gasteiger partial charge on any atom is -0.292 e. The quantitative estimate of drug-likeness (QED) is 0.748. The molecule has 1 aliphatic heterocycles. The van der Waals surface area contributed by atoms with Gasteiger partial charge in [0.1, 0.15) is 11.6 Å². The third-order valence-electron chi connectivity index (χ3n) is 4.82. The Balaban J connectivity index is 1.58. The van der Waals surface area contributed by atoms with E-state index in [4.69, 9.17) is 0 Å². The molecule has 0 saturated carbocycles.